The van der Waals surface area contributed by atoms with Crippen LogP contribution in [0.15, 0.2) is 16.9 Å². The molecule has 0 aromatic carbocycles. The molecule has 4 rings (SSSR count). The fourth-order valence-corrected chi connectivity index (χ4v) is 3.41. The summed E-state index contributed by atoms with van der Waals surface area (Å²) in [5.41, 5.74) is 7.23. The van der Waals surface area contributed by atoms with Crippen LogP contribution in [0.25, 0.3) is 5.57 Å². The first-order chi connectivity index (χ1) is 13.7. The van der Waals surface area contributed by atoms with E-state index in [1.165, 1.54) is 0 Å². The van der Waals surface area contributed by atoms with Gasteiger partial charge in [-0.2, -0.15) is 4.98 Å². The summed E-state index contributed by atoms with van der Waals surface area (Å²) in [4.78, 5) is 15.8. The number of methoxy groups -OCH3 is 1. The number of aliphatic imine (C=N–C) groups is 1. The minimum Gasteiger partial charge on any atom is -0.482 e. The van der Waals surface area contributed by atoms with Crippen molar-refractivity contribution in [3.63, 3.8) is 0 Å². The van der Waals surface area contributed by atoms with E-state index >= 15 is 0 Å². The van der Waals surface area contributed by atoms with Crippen molar-refractivity contribution in [2.45, 2.75) is 25.2 Å². The third-order valence-corrected chi connectivity index (χ3v) is 4.93. The third-order valence-electron chi connectivity index (χ3n) is 4.93. The first-order valence-electron chi connectivity index (χ1n) is 9.66. The number of nitrogens with zero attached hydrogens (tertiary/aromatic N) is 4. The lowest BCUT2D eigenvalue weighted by Gasteiger charge is -2.28. The van der Waals surface area contributed by atoms with Crippen molar-refractivity contribution >= 4 is 17.7 Å². The zero-order valence-corrected chi connectivity index (χ0v) is 16.1. The minimum absolute atomic E-state index is 0.143. The molecule has 2 saturated heterocycles. The average Bonchev–Trinajstić information content (AvgIpc) is 2.74. The van der Waals surface area contributed by atoms with Gasteiger partial charge >= 0.3 is 0 Å². The molecule has 0 saturated carbocycles. The lowest BCUT2D eigenvalue weighted by molar-refractivity contribution is 0.121. The van der Waals surface area contributed by atoms with Gasteiger partial charge in [-0.1, -0.05) is 0 Å². The molecule has 152 valence electrons. The van der Waals surface area contributed by atoms with E-state index in [-0.39, 0.29) is 6.10 Å². The Bertz CT molecular complexity index is 743. The van der Waals surface area contributed by atoms with Gasteiger partial charge in [0.05, 0.1) is 31.6 Å². The smallest absolute Gasteiger partial charge is 0.229 e. The van der Waals surface area contributed by atoms with E-state index in [2.05, 4.69) is 25.5 Å². The maximum atomic E-state index is 6.21. The highest BCUT2D eigenvalue weighted by molar-refractivity contribution is 6.10. The van der Waals surface area contributed by atoms with Crippen molar-refractivity contribution in [1.82, 2.24) is 20.6 Å². The molecule has 0 bridgehead atoms. The summed E-state index contributed by atoms with van der Waals surface area (Å²) in [6, 6.07) is 1.84. The zero-order chi connectivity index (χ0) is 19.3. The van der Waals surface area contributed by atoms with E-state index in [0.29, 0.717) is 36.6 Å². The number of allylic oxidation sites excluding steroid dienone is 1. The number of aromatic nitrogens is 2. The molecule has 1 aromatic rings. The highest BCUT2D eigenvalue weighted by atomic mass is 16.5. The summed E-state index contributed by atoms with van der Waals surface area (Å²) in [5.74, 6) is 1.71. The van der Waals surface area contributed by atoms with Crippen molar-refractivity contribution in [1.29, 1.82) is 0 Å². The Labute approximate surface area is 164 Å². The van der Waals surface area contributed by atoms with Crippen LogP contribution in [0.3, 0.4) is 0 Å². The molecule has 10 nitrogen and oxygen atoms in total. The van der Waals surface area contributed by atoms with E-state index in [9.17, 15) is 0 Å². The number of morpholine rings is 1. The van der Waals surface area contributed by atoms with Gasteiger partial charge in [-0.25, -0.2) is 4.98 Å². The quantitative estimate of drug-likeness (QED) is 0.622. The van der Waals surface area contributed by atoms with Crippen LogP contribution in [0.4, 0.5) is 5.95 Å². The van der Waals surface area contributed by atoms with Crippen LogP contribution in [0.5, 0.6) is 5.88 Å². The second-order valence-electron chi connectivity index (χ2n) is 6.87. The van der Waals surface area contributed by atoms with Crippen LogP contribution < -0.4 is 26.0 Å². The molecule has 28 heavy (non-hydrogen) atoms. The Morgan fingerprint density at radius 2 is 2.00 bits per heavy atom. The normalized spacial score (nSPS) is 23.5. The Morgan fingerprint density at radius 1 is 1.21 bits per heavy atom. The van der Waals surface area contributed by atoms with Crippen molar-refractivity contribution in [2.75, 3.05) is 51.4 Å². The molecule has 2 fully saturated rings. The Morgan fingerprint density at radius 3 is 2.75 bits per heavy atom. The first kappa shape index (κ1) is 18.9. The van der Waals surface area contributed by atoms with E-state index in [0.717, 1.165) is 44.6 Å². The van der Waals surface area contributed by atoms with E-state index in [1.807, 2.05) is 6.07 Å². The maximum absolute atomic E-state index is 6.21. The lowest BCUT2D eigenvalue weighted by atomic mass is 10.1. The minimum atomic E-state index is -0.537. The van der Waals surface area contributed by atoms with Crippen LogP contribution in [0, 0.1) is 0 Å². The number of rotatable bonds is 5. The fraction of sp³-hybridized carbons (Fsp3) is 0.611. The van der Waals surface area contributed by atoms with Crippen molar-refractivity contribution in [3.8, 4) is 5.88 Å². The Kier molecular flexibility index (Phi) is 5.89. The monoisotopic (exact) mass is 389 g/mol. The number of nitrogens with one attached hydrogen (secondary N) is 2. The highest BCUT2D eigenvalue weighted by Gasteiger charge is 2.23. The summed E-state index contributed by atoms with van der Waals surface area (Å²) >= 11 is 0. The molecule has 0 amide bonds. The summed E-state index contributed by atoms with van der Waals surface area (Å²) < 4.78 is 17.1. The number of hydrogen-bond donors (Lipinski definition) is 3. The molecule has 1 aromatic heterocycles. The SMILES string of the molecule is COC1=C(c2cc(OC3CCNCC3)nc(N3CCOCC3)n2)C=NC(N)N1. The molecule has 3 aliphatic heterocycles. The van der Waals surface area contributed by atoms with Gasteiger partial charge in [-0.15, -0.1) is 0 Å². The Balaban J connectivity index is 1.67. The van der Waals surface area contributed by atoms with Gasteiger partial charge in [0, 0.05) is 25.4 Å². The molecule has 1 atom stereocenters. The average molecular weight is 389 g/mol. The van der Waals surface area contributed by atoms with E-state index in [1.54, 1.807) is 13.3 Å². The Hall–Kier alpha value is -2.43. The van der Waals surface area contributed by atoms with Crippen LogP contribution in [-0.2, 0) is 9.47 Å². The maximum Gasteiger partial charge on any atom is 0.229 e. The fourth-order valence-electron chi connectivity index (χ4n) is 3.41. The van der Waals surface area contributed by atoms with E-state index in [4.69, 9.17) is 24.9 Å². The molecule has 0 spiro atoms. The largest absolute Gasteiger partial charge is 0.482 e. The lowest BCUT2D eigenvalue weighted by Crippen LogP contribution is -2.39. The number of piperidine rings is 1. The van der Waals surface area contributed by atoms with Crippen molar-refractivity contribution < 1.29 is 14.2 Å². The summed E-state index contributed by atoms with van der Waals surface area (Å²) in [6.45, 7) is 4.69. The second-order valence-corrected chi connectivity index (χ2v) is 6.87. The molecule has 0 radical (unpaired) electrons. The zero-order valence-electron chi connectivity index (χ0n) is 16.1. The molecule has 10 heteroatoms. The molecular formula is C18H27N7O3. The van der Waals surface area contributed by atoms with Crippen molar-refractivity contribution in [2.24, 2.45) is 10.7 Å². The molecule has 1 unspecified atom stereocenters. The van der Waals surface area contributed by atoms with Crippen LogP contribution in [0.2, 0.25) is 0 Å². The van der Waals surface area contributed by atoms with Gasteiger partial charge in [-0.05, 0) is 25.9 Å². The van der Waals surface area contributed by atoms with Gasteiger partial charge in [0.25, 0.3) is 0 Å². The predicted octanol–water partition coefficient (Wildman–Crippen LogP) is -0.325. The third kappa shape index (κ3) is 4.34. The number of ether oxygens (including phenoxy) is 3. The standard InChI is InChI=1S/C18H27N7O3/c1-26-16-13(11-21-17(19)24-16)14-10-15(28-12-2-4-20-5-3-12)23-18(22-14)25-6-8-27-9-7-25/h10-12,17,20,24H,2-9,19H2,1H3. The topological polar surface area (TPSA) is 119 Å². The van der Waals surface area contributed by atoms with Gasteiger partial charge < -0.3 is 29.7 Å². The second kappa shape index (κ2) is 8.72. The summed E-state index contributed by atoms with van der Waals surface area (Å²) in [5, 5.41) is 6.36. The van der Waals surface area contributed by atoms with Crippen molar-refractivity contribution in [3.05, 3.63) is 17.6 Å². The van der Waals surface area contributed by atoms with Gasteiger partial charge in [-0.3, -0.25) is 10.7 Å². The van der Waals surface area contributed by atoms with Gasteiger partial charge in [0.2, 0.25) is 11.8 Å². The molecule has 3 aliphatic rings. The number of anilines is 1. The summed E-state index contributed by atoms with van der Waals surface area (Å²) in [6.07, 6.45) is 3.19. The van der Waals surface area contributed by atoms with Crippen LogP contribution in [-0.4, -0.2) is 75.1 Å². The highest BCUT2D eigenvalue weighted by Crippen LogP contribution is 2.25. The number of nitrogens with two attached hydrogens (primary N) is 1. The van der Waals surface area contributed by atoms with Gasteiger partial charge in [0.1, 0.15) is 6.10 Å². The summed E-state index contributed by atoms with van der Waals surface area (Å²) in [7, 11) is 1.59. The predicted molar refractivity (Wildman–Crippen MR) is 105 cm³/mol. The number of hydrogen-bond acceptors (Lipinski definition) is 10. The van der Waals surface area contributed by atoms with Crippen LogP contribution in [0.1, 0.15) is 18.5 Å². The first-order valence-corrected chi connectivity index (χ1v) is 9.66. The van der Waals surface area contributed by atoms with Crippen LogP contribution >= 0.6 is 0 Å². The molecule has 4 heterocycles. The van der Waals surface area contributed by atoms with Gasteiger partial charge in [0.15, 0.2) is 12.2 Å². The molecule has 0 aliphatic carbocycles. The van der Waals surface area contributed by atoms with E-state index < -0.39 is 6.29 Å². The molecule has 4 N–H and O–H groups in total. The molecular weight excluding hydrogens is 362 g/mol.